The maximum atomic E-state index is 13.8. The van der Waals surface area contributed by atoms with Gasteiger partial charge in [-0.05, 0) is 50.9 Å². The molecule has 41 heavy (non-hydrogen) atoms. The van der Waals surface area contributed by atoms with E-state index in [1.165, 1.54) is 19.3 Å². The van der Waals surface area contributed by atoms with Gasteiger partial charge in [0, 0.05) is 49.9 Å². The van der Waals surface area contributed by atoms with E-state index < -0.39 is 12.1 Å². The van der Waals surface area contributed by atoms with Gasteiger partial charge in [0.25, 0.3) is 0 Å². The van der Waals surface area contributed by atoms with Crippen molar-refractivity contribution in [2.75, 3.05) is 26.2 Å². The van der Waals surface area contributed by atoms with Gasteiger partial charge in [0.05, 0.1) is 12.1 Å². The summed E-state index contributed by atoms with van der Waals surface area (Å²) in [5.74, 6) is 2.29. The van der Waals surface area contributed by atoms with E-state index in [0.29, 0.717) is 38.1 Å². The third-order valence-corrected chi connectivity index (χ3v) is 8.76. The van der Waals surface area contributed by atoms with Gasteiger partial charge in [0.15, 0.2) is 0 Å². The van der Waals surface area contributed by atoms with Crippen LogP contribution < -0.4 is 10.7 Å². The molecule has 0 heterocycles. The molecule has 2 fully saturated rings. The minimum atomic E-state index is -0.839. The molecule has 0 radical (unpaired) electrons. The van der Waals surface area contributed by atoms with Crippen molar-refractivity contribution >= 4 is 17.7 Å². The quantitative estimate of drug-likeness (QED) is 0.186. The standard InChI is InChI=1S/C33H58N4O4/c1-7-16-36(17-8-2)33(41)28-20-25(10-4)19-27(22-28)32(40)34-29(21-26-14-12-11-13-15-26)30(38)23-37(18-9-3)35-31(39)24(5)6/h4,24-30,38H,7-9,11-23H2,1-3,5-6H3,(H,34,40)(H,35,39). The molecule has 8 heteroatoms. The molecule has 0 aromatic heterocycles. The summed E-state index contributed by atoms with van der Waals surface area (Å²) in [5.41, 5.74) is 2.94. The van der Waals surface area contributed by atoms with Crippen molar-refractivity contribution in [1.29, 1.82) is 0 Å². The zero-order chi connectivity index (χ0) is 30.4. The van der Waals surface area contributed by atoms with Gasteiger partial charge >= 0.3 is 0 Å². The van der Waals surface area contributed by atoms with E-state index in [4.69, 9.17) is 6.42 Å². The summed E-state index contributed by atoms with van der Waals surface area (Å²) >= 11 is 0. The van der Waals surface area contributed by atoms with Gasteiger partial charge in [-0.15, -0.1) is 12.3 Å². The average molecular weight is 575 g/mol. The first kappa shape index (κ1) is 35.1. The maximum Gasteiger partial charge on any atom is 0.236 e. The Kier molecular flexibility index (Phi) is 15.8. The van der Waals surface area contributed by atoms with Crippen LogP contribution in [0.1, 0.15) is 112 Å². The Balaban J connectivity index is 2.18. The van der Waals surface area contributed by atoms with Gasteiger partial charge in [-0.25, -0.2) is 5.01 Å². The smallest absolute Gasteiger partial charge is 0.236 e. The second-order valence-electron chi connectivity index (χ2n) is 12.8. The highest BCUT2D eigenvalue weighted by Gasteiger charge is 2.38. The number of carbonyl (C=O) groups excluding carboxylic acids is 3. The summed E-state index contributed by atoms with van der Waals surface area (Å²) in [7, 11) is 0. The number of terminal acetylenes is 1. The van der Waals surface area contributed by atoms with E-state index in [9.17, 15) is 19.5 Å². The van der Waals surface area contributed by atoms with Gasteiger partial charge < -0.3 is 15.3 Å². The Bertz CT molecular complexity index is 845. The Morgan fingerprint density at radius 1 is 0.927 bits per heavy atom. The highest BCUT2D eigenvalue weighted by Crippen LogP contribution is 2.35. The number of hydrogen-bond donors (Lipinski definition) is 3. The number of nitrogens with one attached hydrogen (secondary N) is 2. The van der Waals surface area contributed by atoms with Crippen molar-refractivity contribution in [3.8, 4) is 12.3 Å². The number of rotatable bonds is 16. The van der Waals surface area contributed by atoms with E-state index in [1.54, 1.807) is 5.01 Å². The molecule has 2 aliphatic rings. The second-order valence-corrected chi connectivity index (χ2v) is 12.8. The summed E-state index contributed by atoms with van der Waals surface area (Å²) < 4.78 is 0. The first-order chi connectivity index (χ1) is 19.6. The van der Waals surface area contributed by atoms with E-state index >= 15 is 0 Å². The molecule has 5 atom stereocenters. The van der Waals surface area contributed by atoms with Crippen LogP contribution >= 0.6 is 0 Å². The van der Waals surface area contributed by atoms with Crippen molar-refractivity contribution < 1.29 is 19.5 Å². The monoisotopic (exact) mass is 574 g/mol. The Labute approximate surface area is 249 Å². The van der Waals surface area contributed by atoms with E-state index in [0.717, 1.165) is 45.2 Å². The fourth-order valence-electron chi connectivity index (χ4n) is 6.50. The molecular weight excluding hydrogens is 516 g/mol. The topological polar surface area (TPSA) is 102 Å². The van der Waals surface area contributed by atoms with Crippen molar-refractivity contribution in [2.45, 2.75) is 124 Å². The molecule has 2 rings (SSSR count). The number of aliphatic hydroxyl groups is 1. The molecule has 0 bridgehead atoms. The molecule has 0 aromatic rings. The molecule has 5 unspecified atom stereocenters. The van der Waals surface area contributed by atoms with Crippen LogP contribution in [0.5, 0.6) is 0 Å². The molecule has 3 N–H and O–H groups in total. The van der Waals surface area contributed by atoms with Crippen LogP contribution in [0.3, 0.4) is 0 Å². The molecule has 0 saturated heterocycles. The lowest BCUT2D eigenvalue weighted by Gasteiger charge is -2.37. The molecule has 234 valence electrons. The molecule has 0 spiro atoms. The molecule has 3 amide bonds. The lowest BCUT2D eigenvalue weighted by atomic mass is 9.74. The zero-order valence-corrected chi connectivity index (χ0v) is 26.5. The maximum absolute atomic E-state index is 13.8. The largest absolute Gasteiger partial charge is 0.390 e. The Morgan fingerprint density at radius 2 is 1.54 bits per heavy atom. The molecule has 0 aliphatic heterocycles. The molecule has 0 aromatic carbocycles. The van der Waals surface area contributed by atoms with Gasteiger partial charge in [-0.3, -0.25) is 19.8 Å². The second kappa shape index (κ2) is 18.4. The summed E-state index contributed by atoms with van der Waals surface area (Å²) in [6, 6.07) is -0.432. The average Bonchev–Trinajstić information content (AvgIpc) is 2.96. The molecule has 2 aliphatic carbocycles. The van der Waals surface area contributed by atoms with Gasteiger partial charge in [-0.1, -0.05) is 66.7 Å². The van der Waals surface area contributed by atoms with Crippen molar-refractivity contribution in [2.24, 2.45) is 29.6 Å². The minimum Gasteiger partial charge on any atom is -0.390 e. The first-order valence-electron chi connectivity index (χ1n) is 16.4. The van der Waals surface area contributed by atoms with Gasteiger partial charge in [0.2, 0.25) is 17.7 Å². The number of hydrazine groups is 1. The van der Waals surface area contributed by atoms with Crippen molar-refractivity contribution in [3.63, 3.8) is 0 Å². The third-order valence-electron chi connectivity index (χ3n) is 8.76. The summed E-state index contributed by atoms with van der Waals surface area (Å²) in [4.78, 5) is 41.6. The molecular formula is C33H58N4O4. The van der Waals surface area contributed by atoms with Crippen LogP contribution in [0, 0.1) is 41.9 Å². The van der Waals surface area contributed by atoms with E-state index in [-0.39, 0.29) is 47.9 Å². The number of nitrogens with zero attached hydrogens (tertiary/aromatic N) is 2. The van der Waals surface area contributed by atoms with Crippen LogP contribution in [-0.4, -0.2) is 71.1 Å². The van der Waals surface area contributed by atoms with Crippen LogP contribution in [-0.2, 0) is 14.4 Å². The molecule has 2 saturated carbocycles. The summed E-state index contributed by atoms with van der Waals surface area (Å²) in [6.07, 6.45) is 15.8. The fraction of sp³-hybridized carbons (Fsp3) is 0.848. The molecule has 8 nitrogen and oxygen atoms in total. The van der Waals surface area contributed by atoms with Crippen molar-refractivity contribution in [3.05, 3.63) is 0 Å². The predicted octanol–water partition coefficient (Wildman–Crippen LogP) is 4.52. The Morgan fingerprint density at radius 3 is 2.10 bits per heavy atom. The number of hydrogen-bond acceptors (Lipinski definition) is 5. The summed E-state index contributed by atoms with van der Waals surface area (Å²) in [6.45, 7) is 12.2. The lowest BCUT2D eigenvalue weighted by molar-refractivity contribution is -0.139. The zero-order valence-electron chi connectivity index (χ0n) is 26.5. The highest BCUT2D eigenvalue weighted by molar-refractivity contribution is 5.83. The predicted molar refractivity (Wildman–Crippen MR) is 164 cm³/mol. The lowest BCUT2D eigenvalue weighted by Crippen LogP contribution is -2.55. The van der Waals surface area contributed by atoms with Gasteiger partial charge in [-0.2, -0.15) is 0 Å². The minimum absolute atomic E-state index is 0.0862. The van der Waals surface area contributed by atoms with Crippen LogP contribution in [0.4, 0.5) is 0 Å². The van der Waals surface area contributed by atoms with Gasteiger partial charge in [0.1, 0.15) is 0 Å². The number of carbonyl (C=O) groups is 3. The third kappa shape index (κ3) is 11.6. The Hall–Kier alpha value is -2.11. The number of amides is 3. The van der Waals surface area contributed by atoms with Crippen LogP contribution in [0.15, 0.2) is 0 Å². The first-order valence-corrected chi connectivity index (χ1v) is 16.4. The SMILES string of the molecule is C#CC1CC(C(=O)NC(CC2CCCCC2)C(O)CN(CCC)NC(=O)C(C)C)CC(C(=O)N(CCC)CCC)C1. The number of aliphatic hydroxyl groups excluding tert-OH is 1. The summed E-state index contributed by atoms with van der Waals surface area (Å²) in [5, 5.41) is 16.5. The normalized spacial score (nSPS) is 23.0. The van der Waals surface area contributed by atoms with E-state index in [2.05, 4.69) is 30.5 Å². The fourth-order valence-corrected chi connectivity index (χ4v) is 6.50. The van der Waals surface area contributed by atoms with E-state index in [1.807, 2.05) is 25.7 Å². The highest BCUT2D eigenvalue weighted by atomic mass is 16.3. The van der Waals surface area contributed by atoms with Crippen LogP contribution in [0.25, 0.3) is 0 Å². The van der Waals surface area contributed by atoms with Crippen LogP contribution in [0.2, 0.25) is 0 Å². The van der Waals surface area contributed by atoms with Crippen molar-refractivity contribution in [1.82, 2.24) is 20.7 Å².